The maximum Gasteiger partial charge on any atom is 0.270 e. The maximum absolute atomic E-state index is 12.2. The third-order valence-electron chi connectivity index (χ3n) is 3.20. The van der Waals surface area contributed by atoms with Crippen molar-refractivity contribution in [3.63, 3.8) is 0 Å². The van der Waals surface area contributed by atoms with Crippen molar-refractivity contribution in [2.45, 2.75) is 25.8 Å². The summed E-state index contributed by atoms with van der Waals surface area (Å²) >= 11 is 6.18. The molecule has 1 aromatic carbocycles. The molecular formula is C15H17ClN2O2. The molecule has 1 aromatic heterocycles. The first-order valence-corrected chi connectivity index (χ1v) is 7.00. The Morgan fingerprint density at radius 2 is 2.20 bits per heavy atom. The van der Waals surface area contributed by atoms with Crippen LogP contribution in [0.15, 0.2) is 30.3 Å². The van der Waals surface area contributed by atoms with Gasteiger partial charge < -0.3 is 10.4 Å². The van der Waals surface area contributed by atoms with Crippen LogP contribution < -0.4 is 5.32 Å². The highest BCUT2D eigenvalue weighted by atomic mass is 35.5. The molecule has 0 saturated heterocycles. The molecule has 106 valence electrons. The third kappa shape index (κ3) is 3.26. The molecule has 2 N–H and O–H groups in total. The number of hydrogen-bond acceptors (Lipinski definition) is 3. The van der Waals surface area contributed by atoms with Gasteiger partial charge in [-0.2, -0.15) is 0 Å². The average molecular weight is 293 g/mol. The van der Waals surface area contributed by atoms with Gasteiger partial charge in [-0.25, -0.2) is 4.98 Å². The monoisotopic (exact) mass is 292 g/mol. The average Bonchev–Trinajstić information content (AvgIpc) is 2.46. The predicted molar refractivity (Wildman–Crippen MR) is 80.0 cm³/mol. The van der Waals surface area contributed by atoms with Gasteiger partial charge in [0.2, 0.25) is 0 Å². The number of halogens is 1. The first-order valence-electron chi connectivity index (χ1n) is 6.62. The largest absolute Gasteiger partial charge is 0.396 e. The molecule has 0 saturated carbocycles. The number of nitrogens with zero attached hydrogens (tertiary/aromatic N) is 1. The van der Waals surface area contributed by atoms with Crippen LogP contribution >= 0.6 is 11.6 Å². The van der Waals surface area contributed by atoms with Gasteiger partial charge in [0.25, 0.3) is 5.91 Å². The molecule has 1 atom stereocenters. The lowest BCUT2D eigenvalue weighted by atomic mass is 10.1. The molecule has 2 rings (SSSR count). The van der Waals surface area contributed by atoms with Crippen molar-refractivity contribution in [2.75, 3.05) is 6.61 Å². The lowest BCUT2D eigenvalue weighted by molar-refractivity contribution is 0.0924. The quantitative estimate of drug-likeness (QED) is 0.891. The smallest absolute Gasteiger partial charge is 0.270 e. The van der Waals surface area contributed by atoms with E-state index in [0.717, 1.165) is 11.8 Å². The molecule has 20 heavy (non-hydrogen) atoms. The molecule has 0 aliphatic carbocycles. The van der Waals surface area contributed by atoms with Crippen LogP contribution in [0.1, 0.15) is 30.3 Å². The number of carbonyl (C=O) groups excluding carboxylic acids is 1. The molecule has 0 aliphatic heterocycles. The van der Waals surface area contributed by atoms with E-state index in [1.807, 2.05) is 31.2 Å². The van der Waals surface area contributed by atoms with Crippen LogP contribution in [0.4, 0.5) is 0 Å². The topological polar surface area (TPSA) is 62.2 Å². The minimum atomic E-state index is -0.266. The number of aliphatic hydroxyl groups excluding tert-OH is 1. The summed E-state index contributed by atoms with van der Waals surface area (Å²) in [6.07, 6.45) is 1.29. The molecule has 0 fully saturated rings. The van der Waals surface area contributed by atoms with Crippen LogP contribution in [0.25, 0.3) is 10.9 Å². The Kier molecular flexibility index (Phi) is 4.93. The predicted octanol–water partition coefficient (Wildman–Crippen LogP) is 2.78. The summed E-state index contributed by atoms with van der Waals surface area (Å²) in [4.78, 5) is 16.5. The minimum Gasteiger partial charge on any atom is -0.396 e. The van der Waals surface area contributed by atoms with Gasteiger partial charge in [-0.1, -0.05) is 36.7 Å². The number of hydrogen-bond donors (Lipinski definition) is 2. The van der Waals surface area contributed by atoms with Crippen LogP contribution in [-0.2, 0) is 0 Å². The van der Waals surface area contributed by atoms with Crippen LogP contribution in [0.5, 0.6) is 0 Å². The zero-order chi connectivity index (χ0) is 14.5. The standard InChI is InChI=1S/C15H17ClN2O2/c1-2-10(7-8-19)17-15(20)14-9-12(16)11-5-3-4-6-13(11)18-14/h3-6,9-10,19H,2,7-8H2,1H3,(H,17,20). The van der Waals surface area contributed by atoms with Crippen molar-refractivity contribution in [1.82, 2.24) is 10.3 Å². The van der Waals surface area contributed by atoms with Crippen LogP contribution in [-0.4, -0.2) is 28.6 Å². The van der Waals surface area contributed by atoms with E-state index in [2.05, 4.69) is 10.3 Å². The number of pyridine rings is 1. The van der Waals surface area contributed by atoms with E-state index in [9.17, 15) is 4.79 Å². The number of carbonyl (C=O) groups is 1. The molecule has 4 nitrogen and oxygen atoms in total. The second-order valence-corrected chi connectivity index (χ2v) is 5.00. The van der Waals surface area contributed by atoms with Crippen molar-refractivity contribution in [3.05, 3.63) is 41.0 Å². The summed E-state index contributed by atoms with van der Waals surface area (Å²) in [5.74, 6) is -0.266. The molecule has 1 amide bonds. The van der Waals surface area contributed by atoms with E-state index in [1.165, 1.54) is 0 Å². The van der Waals surface area contributed by atoms with Gasteiger partial charge in [-0.05, 0) is 25.0 Å². The van der Waals surface area contributed by atoms with Crippen LogP contribution in [0.2, 0.25) is 5.02 Å². The molecule has 0 radical (unpaired) electrons. The Labute approximate surface area is 122 Å². The highest BCUT2D eigenvalue weighted by Crippen LogP contribution is 2.22. The lowest BCUT2D eigenvalue weighted by Crippen LogP contribution is -2.35. The fourth-order valence-corrected chi connectivity index (χ4v) is 2.31. The number of rotatable bonds is 5. The number of para-hydroxylation sites is 1. The molecule has 5 heteroatoms. The SMILES string of the molecule is CCC(CCO)NC(=O)c1cc(Cl)c2ccccc2n1. The highest BCUT2D eigenvalue weighted by molar-refractivity contribution is 6.35. The van der Waals surface area contributed by atoms with Crippen LogP contribution in [0, 0.1) is 0 Å². The number of benzene rings is 1. The van der Waals surface area contributed by atoms with E-state index in [-0.39, 0.29) is 18.6 Å². The minimum absolute atomic E-state index is 0.0463. The Morgan fingerprint density at radius 1 is 1.45 bits per heavy atom. The molecule has 0 aliphatic rings. The first-order chi connectivity index (χ1) is 9.65. The Morgan fingerprint density at radius 3 is 2.90 bits per heavy atom. The number of nitrogens with one attached hydrogen (secondary N) is 1. The maximum atomic E-state index is 12.2. The number of aliphatic hydroxyl groups is 1. The van der Waals surface area contributed by atoms with E-state index in [4.69, 9.17) is 16.7 Å². The normalized spacial score (nSPS) is 12.3. The van der Waals surface area contributed by atoms with Gasteiger partial charge >= 0.3 is 0 Å². The van der Waals surface area contributed by atoms with Gasteiger partial charge in [-0.15, -0.1) is 0 Å². The molecule has 1 heterocycles. The van der Waals surface area contributed by atoms with Crippen molar-refractivity contribution >= 4 is 28.4 Å². The van der Waals surface area contributed by atoms with Gasteiger partial charge in [0.1, 0.15) is 5.69 Å². The summed E-state index contributed by atoms with van der Waals surface area (Å²) in [6.45, 7) is 2.01. The zero-order valence-electron chi connectivity index (χ0n) is 11.3. The summed E-state index contributed by atoms with van der Waals surface area (Å²) < 4.78 is 0. The second-order valence-electron chi connectivity index (χ2n) is 4.60. The fraction of sp³-hybridized carbons (Fsp3) is 0.333. The summed E-state index contributed by atoms with van der Waals surface area (Å²) in [6, 6.07) is 8.94. The number of fused-ring (bicyclic) bond motifs is 1. The molecule has 1 unspecified atom stereocenters. The van der Waals surface area contributed by atoms with Crippen molar-refractivity contribution < 1.29 is 9.90 Å². The van der Waals surface area contributed by atoms with Crippen molar-refractivity contribution in [3.8, 4) is 0 Å². The van der Waals surface area contributed by atoms with Crippen LogP contribution in [0.3, 0.4) is 0 Å². The number of aromatic nitrogens is 1. The van der Waals surface area contributed by atoms with Gasteiger partial charge in [0, 0.05) is 18.0 Å². The van der Waals surface area contributed by atoms with Gasteiger partial charge in [0.15, 0.2) is 0 Å². The van der Waals surface area contributed by atoms with Crippen molar-refractivity contribution in [2.24, 2.45) is 0 Å². The Hall–Kier alpha value is -1.65. The zero-order valence-corrected chi connectivity index (χ0v) is 12.0. The molecule has 0 spiro atoms. The Bertz CT molecular complexity index is 616. The molecule has 2 aromatic rings. The summed E-state index contributed by atoms with van der Waals surface area (Å²) in [5.41, 5.74) is 0.991. The summed E-state index contributed by atoms with van der Waals surface area (Å²) in [7, 11) is 0. The number of amides is 1. The van der Waals surface area contributed by atoms with Crippen molar-refractivity contribution in [1.29, 1.82) is 0 Å². The van der Waals surface area contributed by atoms with E-state index in [0.29, 0.717) is 22.7 Å². The molecular weight excluding hydrogens is 276 g/mol. The second kappa shape index (κ2) is 6.68. The first kappa shape index (κ1) is 14.8. The summed E-state index contributed by atoms with van der Waals surface area (Å²) in [5, 5.41) is 13.1. The lowest BCUT2D eigenvalue weighted by Gasteiger charge is -2.15. The highest BCUT2D eigenvalue weighted by Gasteiger charge is 2.14. The van der Waals surface area contributed by atoms with Gasteiger partial charge in [-0.3, -0.25) is 4.79 Å². The Balaban J connectivity index is 2.26. The van der Waals surface area contributed by atoms with E-state index < -0.39 is 0 Å². The fourth-order valence-electron chi connectivity index (χ4n) is 2.04. The van der Waals surface area contributed by atoms with E-state index >= 15 is 0 Å². The third-order valence-corrected chi connectivity index (χ3v) is 3.52. The molecule has 0 bridgehead atoms. The van der Waals surface area contributed by atoms with Gasteiger partial charge in [0.05, 0.1) is 10.5 Å². The van der Waals surface area contributed by atoms with E-state index in [1.54, 1.807) is 6.07 Å².